The Bertz CT molecular complexity index is 1040. The van der Waals surface area contributed by atoms with Crippen LogP contribution in [0.5, 0.6) is 0 Å². The van der Waals surface area contributed by atoms with Gasteiger partial charge in [-0.05, 0) is 24.3 Å². The number of carboxylic acids is 1. The van der Waals surface area contributed by atoms with Gasteiger partial charge in [0.25, 0.3) is 0 Å². The molecule has 2 aromatic rings. The van der Waals surface area contributed by atoms with Crippen molar-refractivity contribution in [2.45, 2.75) is 63.7 Å². The van der Waals surface area contributed by atoms with Gasteiger partial charge in [0.2, 0.25) is 17.7 Å². The molecule has 1 aliphatic rings. The minimum atomic E-state index is -1.13. The molecule has 4 unspecified atom stereocenters. The summed E-state index contributed by atoms with van der Waals surface area (Å²) < 4.78 is 0. The number of carbonyl (C=O) groups is 4. The Morgan fingerprint density at radius 2 is 1.89 bits per heavy atom. The van der Waals surface area contributed by atoms with E-state index in [0.29, 0.717) is 25.1 Å². The number of aromatic amines is 1. The summed E-state index contributed by atoms with van der Waals surface area (Å²) in [6, 6.07) is 5.52. The molecule has 0 bridgehead atoms. The molecule has 0 spiro atoms. The smallest absolute Gasteiger partial charge is 0.326 e. The number of nitrogens with zero attached hydrogens (tertiary/aromatic N) is 2. The lowest BCUT2D eigenvalue weighted by atomic mass is 10.0. The highest BCUT2D eigenvalue weighted by Gasteiger charge is 2.39. The summed E-state index contributed by atoms with van der Waals surface area (Å²) >= 11 is 0. The van der Waals surface area contributed by atoms with Crippen LogP contribution in [-0.4, -0.2) is 74.4 Å². The maximum absolute atomic E-state index is 13.7. The molecule has 36 heavy (non-hydrogen) atoms. The number of carbonyl (C=O) groups excluding carboxylic acids is 3. The van der Waals surface area contributed by atoms with Gasteiger partial charge in [-0.15, -0.1) is 0 Å². The highest BCUT2D eigenvalue weighted by atomic mass is 16.4. The van der Waals surface area contributed by atoms with E-state index in [1.807, 2.05) is 30.3 Å². The molecule has 194 valence electrons. The van der Waals surface area contributed by atoms with E-state index in [4.69, 9.17) is 5.73 Å². The van der Waals surface area contributed by atoms with Gasteiger partial charge in [-0.25, -0.2) is 9.78 Å². The van der Waals surface area contributed by atoms with E-state index in [0.717, 1.165) is 5.56 Å². The quantitative estimate of drug-likeness (QED) is 0.295. The van der Waals surface area contributed by atoms with Crippen molar-refractivity contribution in [2.24, 2.45) is 11.7 Å². The second-order valence-corrected chi connectivity index (χ2v) is 9.40. The van der Waals surface area contributed by atoms with Crippen LogP contribution in [0.25, 0.3) is 0 Å². The summed E-state index contributed by atoms with van der Waals surface area (Å²) in [4.78, 5) is 59.4. The number of aromatic nitrogens is 2. The van der Waals surface area contributed by atoms with E-state index in [2.05, 4.69) is 20.6 Å². The first kappa shape index (κ1) is 26.9. The molecule has 3 amide bonds. The van der Waals surface area contributed by atoms with E-state index < -0.39 is 47.9 Å². The van der Waals surface area contributed by atoms with Gasteiger partial charge in [0.05, 0.1) is 12.4 Å². The summed E-state index contributed by atoms with van der Waals surface area (Å²) in [5.74, 6) is -2.87. The van der Waals surface area contributed by atoms with Crippen molar-refractivity contribution < 1.29 is 24.3 Å². The Morgan fingerprint density at radius 3 is 2.50 bits per heavy atom. The molecular formula is C25H34N6O5. The Balaban J connectivity index is 1.76. The lowest BCUT2D eigenvalue weighted by Gasteiger charge is -2.30. The molecule has 1 saturated heterocycles. The predicted octanol–water partition coefficient (Wildman–Crippen LogP) is 0.223. The minimum absolute atomic E-state index is 0.219. The van der Waals surface area contributed by atoms with Crippen LogP contribution in [0.2, 0.25) is 0 Å². The van der Waals surface area contributed by atoms with Crippen molar-refractivity contribution in [3.63, 3.8) is 0 Å². The molecule has 6 N–H and O–H groups in total. The van der Waals surface area contributed by atoms with Crippen LogP contribution >= 0.6 is 0 Å². The van der Waals surface area contributed by atoms with E-state index in [9.17, 15) is 24.3 Å². The number of aliphatic carboxylic acids is 1. The van der Waals surface area contributed by atoms with Crippen LogP contribution in [-0.2, 0) is 32.0 Å². The SMILES string of the molecule is CC(C)C(NC(=O)C1CCCN1C(=O)C(Cc1ccccc1)NC(=O)C(N)Cc1cnc[nH]1)C(=O)O. The lowest BCUT2D eigenvalue weighted by Crippen LogP contribution is -2.58. The van der Waals surface area contributed by atoms with Crippen molar-refractivity contribution in [1.82, 2.24) is 25.5 Å². The van der Waals surface area contributed by atoms with Gasteiger partial charge >= 0.3 is 5.97 Å². The fourth-order valence-corrected chi connectivity index (χ4v) is 4.32. The molecule has 0 radical (unpaired) electrons. The van der Waals surface area contributed by atoms with Gasteiger partial charge in [-0.3, -0.25) is 14.4 Å². The highest BCUT2D eigenvalue weighted by molar-refractivity contribution is 5.94. The number of H-pyrrole nitrogens is 1. The third-order valence-corrected chi connectivity index (χ3v) is 6.30. The molecule has 2 heterocycles. The lowest BCUT2D eigenvalue weighted by molar-refractivity contribution is -0.145. The number of rotatable bonds is 11. The Kier molecular flexibility index (Phi) is 9.18. The first-order valence-electron chi connectivity index (χ1n) is 12.1. The number of nitrogens with one attached hydrogen (secondary N) is 3. The maximum Gasteiger partial charge on any atom is 0.326 e. The molecule has 11 nitrogen and oxygen atoms in total. The molecule has 1 aliphatic heterocycles. The zero-order chi connectivity index (χ0) is 26.2. The van der Waals surface area contributed by atoms with Crippen LogP contribution in [0.15, 0.2) is 42.9 Å². The second kappa shape index (κ2) is 12.3. The number of hydrogen-bond acceptors (Lipinski definition) is 6. The van der Waals surface area contributed by atoms with Gasteiger partial charge in [0.1, 0.15) is 18.1 Å². The predicted molar refractivity (Wildman–Crippen MR) is 131 cm³/mol. The number of likely N-dealkylation sites (tertiary alicyclic amines) is 1. The fraction of sp³-hybridized carbons (Fsp3) is 0.480. The first-order valence-corrected chi connectivity index (χ1v) is 12.1. The molecular weight excluding hydrogens is 464 g/mol. The van der Waals surface area contributed by atoms with Gasteiger partial charge in [-0.2, -0.15) is 0 Å². The molecule has 0 saturated carbocycles. The van der Waals surface area contributed by atoms with Gasteiger partial charge in [-0.1, -0.05) is 44.2 Å². The third kappa shape index (κ3) is 6.91. The summed E-state index contributed by atoms with van der Waals surface area (Å²) in [5, 5.41) is 14.8. The van der Waals surface area contributed by atoms with E-state index in [1.165, 1.54) is 11.2 Å². The molecule has 3 rings (SSSR count). The fourth-order valence-electron chi connectivity index (χ4n) is 4.32. The summed E-state index contributed by atoms with van der Waals surface area (Å²) in [5.41, 5.74) is 7.62. The number of nitrogens with two attached hydrogens (primary N) is 1. The number of benzene rings is 1. The normalized spacial score (nSPS) is 17.9. The summed E-state index contributed by atoms with van der Waals surface area (Å²) in [7, 11) is 0. The zero-order valence-corrected chi connectivity index (χ0v) is 20.5. The second-order valence-electron chi connectivity index (χ2n) is 9.40. The summed E-state index contributed by atoms with van der Waals surface area (Å²) in [6.45, 7) is 3.74. The van der Waals surface area contributed by atoms with Crippen LogP contribution < -0.4 is 16.4 Å². The van der Waals surface area contributed by atoms with Crippen LogP contribution in [0.3, 0.4) is 0 Å². The molecule has 4 atom stereocenters. The van der Waals surface area contributed by atoms with Crippen molar-refractivity contribution in [2.75, 3.05) is 6.54 Å². The molecule has 1 aromatic heterocycles. The average molecular weight is 499 g/mol. The van der Waals surface area contributed by atoms with Gasteiger partial charge in [0.15, 0.2) is 0 Å². The molecule has 11 heteroatoms. The van der Waals surface area contributed by atoms with E-state index >= 15 is 0 Å². The van der Waals surface area contributed by atoms with Crippen LogP contribution in [0.1, 0.15) is 37.9 Å². The Labute approximate surface area is 209 Å². The zero-order valence-electron chi connectivity index (χ0n) is 20.5. The number of amides is 3. The molecule has 0 aliphatic carbocycles. The van der Waals surface area contributed by atoms with Crippen molar-refractivity contribution >= 4 is 23.7 Å². The van der Waals surface area contributed by atoms with Crippen molar-refractivity contribution in [3.05, 3.63) is 54.1 Å². The Hall–Kier alpha value is -3.73. The molecule has 1 aromatic carbocycles. The van der Waals surface area contributed by atoms with Crippen molar-refractivity contribution in [3.8, 4) is 0 Å². The maximum atomic E-state index is 13.7. The third-order valence-electron chi connectivity index (χ3n) is 6.30. The first-order chi connectivity index (χ1) is 17.2. The highest BCUT2D eigenvalue weighted by Crippen LogP contribution is 2.20. The average Bonchev–Trinajstić information content (AvgIpc) is 3.54. The Morgan fingerprint density at radius 1 is 1.17 bits per heavy atom. The monoisotopic (exact) mass is 498 g/mol. The standard InChI is InChI=1S/C25H34N6O5/c1-15(2)21(25(35)36)30-23(33)20-9-6-10-31(20)24(34)19(11-16-7-4-3-5-8-16)29-22(32)18(26)12-17-13-27-14-28-17/h3-5,7-8,13-15,18-21H,6,9-12,26H2,1-2H3,(H,27,28)(H,29,32)(H,30,33)(H,35,36). The van der Waals surface area contributed by atoms with E-state index in [1.54, 1.807) is 20.0 Å². The van der Waals surface area contributed by atoms with Crippen LogP contribution in [0, 0.1) is 5.92 Å². The summed E-state index contributed by atoms with van der Waals surface area (Å²) in [6.07, 6.45) is 4.51. The minimum Gasteiger partial charge on any atom is -0.480 e. The van der Waals surface area contributed by atoms with Gasteiger partial charge < -0.3 is 31.4 Å². The molecule has 1 fully saturated rings. The number of hydrogen-bond donors (Lipinski definition) is 5. The number of carboxylic acid groups (broad SMARTS) is 1. The van der Waals surface area contributed by atoms with Crippen LogP contribution in [0.4, 0.5) is 0 Å². The topological polar surface area (TPSA) is 171 Å². The number of imidazole rings is 1. The van der Waals surface area contributed by atoms with E-state index in [-0.39, 0.29) is 18.8 Å². The van der Waals surface area contributed by atoms with Crippen molar-refractivity contribution in [1.29, 1.82) is 0 Å². The van der Waals surface area contributed by atoms with Gasteiger partial charge in [0, 0.05) is 31.3 Å². The largest absolute Gasteiger partial charge is 0.480 e.